The molecule has 0 spiro atoms. The first-order valence-electron chi connectivity index (χ1n) is 11.6. The van der Waals surface area contributed by atoms with Crippen LogP contribution in [0.5, 0.6) is 0 Å². The molecular weight excluding hydrogens is 592 g/mol. The molecule has 2 aromatic rings. The van der Waals surface area contributed by atoms with E-state index < -0.39 is 44.8 Å². The van der Waals surface area contributed by atoms with Gasteiger partial charge in [0, 0.05) is 17.5 Å². The number of tetrazole rings is 1. The number of nitrogens with zero attached hydrogens (tertiary/aromatic N) is 5. The van der Waals surface area contributed by atoms with Crippen LogP contribution in [-0.2, 0) is 29.5 Å². The van der Waals surface area contributed by atoms with Crippen LogP contribution >= 0.6 is 23.5 Å². The van der Waals surface area contributed by atoms with Gasteiger partial charge in [0.15, 0.2) is 5.76 Å². The number of carbonyl (C=O) groups is 3. The van der Waals surface area contributed by atoms with E-state index in [1.54, 1.807) is 6.07 Å². The van der Waals surface area contributed by atoms with E-state index in [0.717, 1.165) is 4.90 Å². The Balaban J connectivity index is 1.52. The van der Waals surface area contributed by atoms with Crippen LogP contribution in [0.1, 0.15) is 25.0 Å². The molecule has 1 saturated heterocycles. The van der Waals surface area contributed by atoms with Gasteiger partial charge in [-0.1, -0.05) is 23.3 Å². The Morgan fingerprint density at radius 2 is 2.23 bits per heavy atom. The lowest BCUT2D eigenvalue weighted by Crippen LogP contribution is -2.71. The highest BCUT2D eigenvalue weighted by molar-refractivity contribution is 8.01. The van der Waals surface area contributed by atoms with E-state index in [1.807, 2.05) is 4.72 Å². The van der Waals surface area contributed by atoms with Crippen LogP contribution in [0.4, 0.5) is 0 Å². The van der Waals surface area contributed by atoms with Crippen molar-refractivity contribution in [3.05, 3.63) is 35.4 Å². The number of carboxylic acids is 1. The van der Waals surface area contributed by atoms with Gasteiger partial charge in [-0.2, -0.15) is 13.1 Å². The maximum atomic E-state index is 13.2. The molecule has 40 heavy (non-hydrogen) atoms. The van der Waals surface area contributed by atoms with Crippen molar-refractivity contribution in [3.8, 4) is 0 Å². The standard InChI is InChI=1S/C20H24N8O9S3/c1-36-25-13(11-5-4-8-37-11)16(29)22-14-17(30)28-15(19(31)32)10(9-38-18(14)28)12(39-20-23-26-27-24-20)6-2-3-7-21-40(33,34)35/h4-5,8,12,14,18,21H,2-3,6-7,9H2,1H3,(H,22,29)(H,31,32)(H,33,34,35)(H,23,24,26,27)/t12?,14?,18-/m0/s1. The lowest BCUT2D eigenvalue weighted by molar-refractivity contribution is -0.150. The molecule has 0 bridgehead atoms. The monoisotopic (exact) mass is 616 g/mol. The molecule has 2 aromatic heterocycles. The SMILES string of the molecule is CON=C(C(=O)NC1C(=O)N2C(C(=O)O)=C(C(CCCCNS(=O)(=O)O)Sc3nnn[nH]3)CS[C@@H]12)c1ccco1. The van der Waals surface area contributed by atoms with Gasteiger partial charge in [0.2, 0.25) is 10.9 Å². The number of thioether (sulfide) groups is 2. The molecule has 2 unspecified atom stereocenters. The van der Waals surface area contributed by atoms with Crippen molar-refractivity contribution in [2.75, 3.05) is 19.4 Å². The third kappa shape index (κ3) is 6.81. The molecule has 3 atom stereocenters. The van der Waals surface area contributed by atoms with Crippen molar-refractivity contribution in [2.24, 2.45) is 5.16 Å². The van der Waals surface area contributed by atoms with Gasteiger partial charge in [0.1, 0.15) is 24.2 Å². The first kappa shape index (κ1) is 29.5. The van der Waals surface area contributed by atoms with Gasteiger partial charge < -0.3 is 19.7 Å². The number of β-lactam (4-membered cyclic amide) rings is 1. The fraction of sp³-hybridized carbons (Fsp3) is 0.450. The zero-order valence-corrected chi connectivity index (χ0v) is 23.2. The van der Waals surface area contributed by atoms with Gasteiger partial charge in [-0.15, -0.1) is 16.9 Å². The molecule has 5 N–H and O–H groups in total. The van der Waals surface area contributed by atoms with Crippen LogP contribution in [0.15, 0.2) is 44.4 Å². The zero-order chi connectivity index (χ0) is 28.9. The number of aromatic nitrogens is 4. The van der Waals surface area contributed by atoms with E-state index in [2.05, 4.69) is 31.1 Å². The molecule has 216 valence electrons. The Labute approximate surface area is 235 Å². The lowest BCUT2D eigenvalue weighted by Gasteiger charge is -2.50. The third-order valence-corrected chi connectivity index (χ3v) is 8.86. The number of H-pyrrole nitrogens is 1. The molecule has 0 saturated carbocycles. The number of rotatable bonds is 14. The number of carbonyl (C=O) groups excluding carboxylic acids is 2. The summed E-state index contributed by atoms with van der Waals surface area (Å²) in [6, 6.07) is 2.04. The predicted octanol–water partition coefficient (Wildman–Crippen LogP) is -0.395. The van der Waals surface area contributed by atoms with Crippen molar-refractivity contribution < 1.29 is 41.7 Å². The maximum absolute atomic E-state index is 13.2. The summed E-state index contributed by atoms with van der Waals surface area (Å²) in [6.07, 6.45) is 2.54. The van der Waals surface area contributed by atoms with E-state index in [4.69, 9.17) is 13.8 Å². The Morgan fingerprint density at radius 3 is 2.85 bits per heavy atom. The second-order valence-corrected chi connectivity index (χ2v) is 11.9. The Kier molecular flexibility index (Phi) is 9.45. The highest BCUT2D eigenvalue weighted by atomic mass is 32.2. The number of hydrogen-bond donors (Lipinski definition) is 5. The largest absolute Gasteiger partial charge is 0.477 e. The molecule has 0 aliphatic carbocycles. The molecule has 4 rings (SSSR count). The number of nitrogens with one attached hydrogen (secondary N) is 3. The summed E-state index contributed by atoms with van der Waals surface area (Å²) in [5.74, 6) is -2.31. The number of carboxylic acid groups (broad SMARTS) is 1. The molecule has 17 nitrogen and oxygen atoms in total. The van der Waals surface area contributed by atoms with Crippen molar-refractivity contribution >= 4 is 57.3 Å². The summed E-state index contributed by atoms with van der Waals surface area (Å²) in [5, 5.41) is 29.1. The van der Waals surface area contributed by atoms with Crippen molar-refractivity contribution in [2.45, 2.75) is 41.1 Å². The lowest BCUT2D eigenvalue weighted by atomic mass is 9.99. The van der Waals surface area contributed by atoms with Crippen LogP contribution in [0.3, 0.4) is 0 Å². The average Bonchev–Trinajstić information content (AvgIpc) is 3.62. The summed E-state index contributed by atoms with van der Waals surface area (Å²) >= 11 is 2.45. The summed E-state index contributed by atoms with van der Waals surface area (Å²) < 4.78 is 37.8. The van der Waals surface area contributed by atoms with Crippen LogP contribution in [0.25, 0.3) is 0 Å². The minimum absolute atomic E-state index is 0.0138. The quantitative estimate of drug-likeness (QED) is 0.0453. The molecule has 4 heterocycles. The van der Waals surface area contributed by atoms with Gasteiger partial charge in [-0.05, 0) is 41.0 Å². The van der Waals surface area contributed by atoms with E-state index >= 15 is 0 Å². The molecule has 20 heteroatoms. The second kappa shape index (κ2) is 12.8. The number of fused-ring (bicyclic) bond motifs is 1. The van der Waals surface area contributed by atoms with E-state index in [0.29, 0.717) is 30.0 Å². The van der Waals surface area contributed by atoms with E-state index in [1.165, 1.54) is 43.0 Å². The molecule has 2 aliphatic heterocycles. The minimum atomic E-state index is -4.32. The fourth-order valence-electron chi connectivity index (χ4n) is 4.10. The first-order chi connectivity index (χ1) is 19.1. The number of hydrogen-bond acceptors (Lipinski definition) is 13. The van der Waals surface area contributed by atoms with Crippen LogP contribution < -0.4 is 10.0 Å². The molecule has 1 fully saturated rings. The Bertz CT molecular complexity index is 1400. The van der Waals surface area contributed by atoms with Crippen LogP contribution in [-0.4, -0.2) is 103 Å². The molecule has 2 amide bonds. The normalized spacial score (nSPS) is 20.1. The summed E-state index contributed by atoms with van der Waals surface area (Å²) in [4.78, 5) is 44.3. The van der Waals surface area contributed by atoms with Gasteiger partial charge >= 0.3 is 16.3 Å². The van der Waals surface area contributed by atoms with E-state index in [-0.39, 0.29) is 29.5 Å². The minimum Gasteiger partial charge on any atom is -0.477 e. The number of amides is 2. The van der Waals surface area contributed by atoms with Crippen molar-refractivity contribution in [3.63, 3.8) is 0 Å². The van der Waals surface area contributed by atoms with Gasteiger partial charge in [-0.25, -0.2) is 9.89 Å². The summed E-state index contributed by atoms with van der Waals surface area (Å²) in [6.45, 7) is -0.0138. The van der Waals surface area contributed by atoms with E-state index in [9.17, 15) is 27.9 Å². The van der Waals surface area contributed by atoms with Crippen molar-refractivity contribution in [1.29, 1.82) is 0 Å². The Morgan fingerprint density at radius 1 is 1.43 bits per heavy atom. The molecule has 2 aliphatic rings. The fourth-order valence-corrected chi connectivity index (χ4v) is 7.10. The van der Waals surface area contributed by atoms with Gasteiger partial charge in [0.25, 0.3) is 11.8 Å². The van der Waals surface area contributed by atoms with Crippen molar-refractivity contribution in [1.82, 2.24) is 35.6 Å². The maximum Gasteiger partial charge on any atom is 0.352 e. The predicted molar refractivity (Wildman–Crippen MR) is 139 cm³/mol. The highest BCUT2D eigenvalue weighted by Crippen LogP contribution is 2.44. The number of furan rings is 1. The molecule has 0 radical (unpaired) electrons. The summed E-state index contributed by atoms with van der Waals surface area (Å²) in [5.41, 5.74) is 0.0696. The molecular formula is C20H24N8O9S3. The second-order valence-electron chi connectivity index (χ2n) is 8.32. The number of oxime groups is 1. The topological polar surface area (TPSA) is 242 Å². The smallest absolute Gasteiger partial charge is 0.352 e. The number of unbranched alkanes of at least 4 members (excludes halogenated alkanes) is 1. The number of aromatic amines is 1. The number of aliphatic carboxylic acids is 1. The highest BCUT2D eigenvalue weighted by Gasteiger charge is 2.55. The van der Waals surface area contributed by atoms with Crippen LogP contribution in [0.2, 0.25) is 0 Å². The molecule has 0 aromatic carbocycles. The zero-order valence-electron chi connectivity index (χ0n) is 20.7. The average molecular weight is 617 g/mol. The van der Waals surface area contributed by atoms with Gasteiger partial charge in [0.05, 0.1) is 6.26 Å². The Hall–Kier alpha value is -3.46. The van der Waals surface area contributed by atoms with Crippen LogP contribution in [0, 0.1) is 0 Å². The summed E-state index contributed by atoms with van der Waals surface area (Å²) in [7, 11) is -3.07. The van der Waals surface area contributed by atoms with Gasteiger partial charge in [-0.3, -0.25) is 19.0 Å². The first-order valence-corrected chi connectivity index (χ1v) is 15.0. The third-order valence-electron chi connectivity index (χ3n) is 5.79.